The predicted octanol–water partition coefficient (Wildman–Crippen LogP) is 2.07. The molecule has 0 heterocycles. The summed E-state index contributed by atoms with van der Waals surface area (Å²) in [5.41, 5.74) is 1.13. The van der Waals surface area contributed by atoms with Gasteiger partial charge in [-0.25, -0.2) is 0 Å². The van der Waals surface area contributed by atoms with Gasteiger partial charge in [0, 0.05) is 20.2 Å². The number of benzene rings is 1. The summed E-state index contributed by atoms with van der Waals surface area (Å²) in [5, 5.41) is 0. The number of amides is 1. The van der Waals surface area contributed by atoms with Gasteiger partial charge in [0.05, 0.1) is 0 Å². The number of rotatable bonds is 6. The Balaban J connectivity index is 2.34. The molecule has 0 unspecified atom stereocenters. The van der Waals surface area contributed by atoms with E-state index in [1.54, 1.807) is 11.9 Å². The number of hydrogen-bond acceptors (Lipinski definition) is 2. The third-order valence-electron chi connectivity index (χ3n) is 2.26. The minimum absolute atomic E-state index is 0.0253. The minimum Gasteiger partial charge on any atom is -0.372 e. The molecule has 0 fully saturated rings. The molecule has 0 spiro atoms. The second kappa shape index (κ2) is 7.01. The Kier molecular flexibility index (Phi) is 5.57. The van der Waals surface area contributed by atoms with Crippen LogP contribution in [0.1, 0.15) is 18.9 Å². The third-order valence-corrected chi connectivity index (χ3v) is 2.26. The second-order valence-corrected chi connectivity index (χ2v) is 3.79. The average Bonchev–Trinajstić information content (AvgIpc) is 2.30. The summed E-state index contributed by atoms with van der Waals surface area (Å²) in [5.74, 6) is 0.0253. The van der Waals surface area contributed by atoms with Gasteiger partial charge in [0.25, 0.3) is 0 Å². The zero-order valence-electron chi connectivity index (χ0n) is 9.98. The fourth-order valence-electron chi connectivity index (χ4n) is 1.36. The lowest BCUT2D eigenvalue weighted by Crippen LogP contribution is -2.29. The van der Waals surface area contributed by atoms with Crippen molar-refractivity contribution in [2.45, 2.75) is 19.9 Å². The standard InChI is InChI=1S/C13H19NO2/c1-3-9-16-11-13(15)14(2)10-12-7-5-4-6-8-12/h4-8H,3,9-11H2,1-2H3. The maximum absolute atomic E-state index is 11.6. The van der Waals surface area contributed by atoms with Crippen molar-refractivity contribution in [3.05, 3.63) is 35.9 Å². The molecule has 0 aromatic heterocycles. The van der Waals surface area contributed by atoms with Crippen LogP contribution in [-0.4, -0.2) is 31.1 Å². The molecule has 0 aliphatic carbocycles. The summed E-state index contributed by atoms with van der Waals surface area (Å²) in [6, 6.07) is 9.94. The first-order valence-corrected chi connectivity index (χ1v) is 5.59. The highest BCUT2D eigenvalue weighted by atomic mass is 16.5. The van der Waals surface area contributed by atoms with Crippen LogP contribution < -0.4 is 0 Å². The van der Waals surface area contributed by atoms with E-state index in [1.807, 2.05) is 37.3 Å². The molecule has 0 aliphatic heterocycles. The first-order chi connectivity index (χ1) is 7.74. The molecular weight excluding hydrogens is 202 g/mol. The van der Waals surface area contributed by atoms with Crippen LogP contribution in [0.4, 0.5) is 0 Å². The Morgan fingerprint density at radius 3 is 2.62 bits per heavy atom. The van der Waals surface area contributed by atoms with Gasteiger partial charge in [-0.1, -0.05) is 37.3 Å². The highest BCUT2D eigenvalue weighted by molar-refractivity contribution is 5.77. The van der Waals surface area contributed by atoms with Crippen molar-refractivity contribution < 1.29 is 9.53 Å². The van der Waals surface area contributed by atoms with Gasteiger partial charge < -0.3 is 9.64 Å². The van der Waals surface area contributed by atoms with Crippen LogP contribution in [0.2, 0.25) is 0 Å². The van der Waals surface area contributed by atoms with Crippen LogP contribution in [-0.2, 0) is 16.1 Å². The van der Waals surface area contributed by atoms with Gasteiger partial charge in [-0.2, -0.15) is 0 Å². The summed E-state index contributed by atoms with van der Waals surface area (Å²) >= 11 is 0. The van der Waals surface area contributed by atoms with Crippen LogP contribution >= 0.6 is 0 Å². The van der Waals surface area contributed by atoms with Gasteiger partial charge in [-0.05, 0) is 12.0 Å². The van der Waals surface area contributed by atoms with Crippen LogP contribution in [0.5, 0.6) is 0 Å². The Labute approximate surface area is 97.0 Å². The number of hydrogen-bond donors (Lipinski definition) is 0. The van der Waals surface area contributed by atoms with Gasteiger partial charge >= 0.3 is 0 Å². The maximum Gasteiger partial charge on any atom is 0.248 e. The van der Waals surface area contributed by atoms with Crippen LogP contribution in [0.3, 0.4) is 0 Å². The highest BCUT2D eigenvalue weighted by Gasteiger charge is 2.08. The number of ether oxygens (including phenoxy) is 1. The fourth-order valence-corrected chi connectivity index (χ4v) is 1.36. The van der Waals surface area contributed by atoms with Gasteiger partial charge in [0.15, 0.2) is 0 Å². The molecule has 88 valence electrons. The average molecular weight is 221 g/mol. The van der Waals surface area contributed by atoms with Crippen molar-refractivity contribution in [3.8, 4) is 0 Å². The summed E-state index contributed by atoms with van der Waals surface area (Å²) in [6.45, 7) is 3.48. The quantitative estimate of drug-likeness (QED) is 0.688. The number of likely N-dealkylation sites (N-methyl/N-ethyl adjacent to an activating group) is 1. The van der Waals surface area contributed by atoms with Crippen molar-refractivity contribution in [3.63, 3.8) is 0 Å². The molecule has 0 atom stereocenters. The summed E-state index contributed by atoms with van der Waals surface area (Å²) in [4.78, 5) is 13.3. The Morgan fingerprint density at radius 1 is 1.31 bits per heavy atom. The molecule has 0 saturated carbocycles. The molecule has 0 radical (unpaired) electrons. The highest BCUT2D eigenvalue weighted by Crippen LogP contribution is 2.02. The van der Waals surface area contributed by atoms with E-state index < -0.39 is 0 Å². The Bertz CT molecular complexity index is 311. The van der Waals surface area contributed by atoms with E-state index in [0.717, 1.165) is 12.0 Å². The first-order valence-electron chi connectivity index (χ1n) is 5.59. The number of carbonyl (C=O) groups is 1. The Hall–Kier alpha value is -1.35. The topological polar surface area (TPSA) is 29.5 Å². The molecule has 1 aromatic rings. The van der Waals surface area contributed by atoms with Crippen molar-refractivity contribution in [1.29, 1.82) is 0 Å². The molecule has 16 heavy (non-hydrogen) atoms. The zero-order valence-corrected chi connectivity index (χ0v) is 9.98. The van der Waals surface area contributed by atoms with E-state index in [4.69, 9.17) is 4.74 Å². The SMILES string of the molecule is CCCOCC(=O)N(C)Cc1ccccc1. The summed E-state index contributed by atoms with van der Waals surface area (Å²) in [6.07, 6.45) is 0.940. The van der Waals surface area contributed by atoms with Crippen molar-refractivity contribution in [1.82, 2.24) is 4.90 Å². The molecule has 0 aliphatic rings. The summed E-state index contributed by atoms with van der Waals surface area (Å²) in [7, 11) is 1.80. The molecule has 1 rings (SSSR count). The fraction of sp³-hybridized carbons (Fsp3) is 0.462. The van der Waals surface area contributed by atoms with Crippen molar-refractivity contribution >= 4 is 5.91 Å². The van der Waals surface area contributed by atoms with E-state index in [0.29, 0.717) is 13.2 Å². The molecule has 1 amide bonds. The van der Waals surface area contributed by atoms with Crippen LogP contribution in [0.25, 0.3) is 0 Å². The van der Waals surface area contributed by atoms with E-state index in [2.05, 4.69) is 0 Å². The van der Waals surface area contributed by atoms with Gasteiger partial charge in [0.1, 0.15) is 6.61 Å². The van der Waals surface area contributed by atoms with Gasteiger partial charge in [-0.3, -0.25) is 4.79 Å². The number of carbonyl (C=O) groups excluding carboxylic acids is 1. The maximum atomic E-state index is 11.6. The lowest BCUT2D eigenvalue weighted by molar-refractivity contribution is -0.135. The van der Waals surface area contributed by atoms with E-state index >= 15 is 0 Å². The molecule has 3 nitrogen and oxygen atoms in total. The van der Waals surface area contributed by atoms with Gasteiger partial charge in [-0.15, -0.1) is 0 Å². The smallest absolute Gasteiger partial charge is 0.248 e. The molecule has 0 saturated heterocycles. The van der Waals surface area contributed by atoms with E-state index in [1.165, 1.54) is 0 Å². The predicted molar refractivity (Wildman–Crippen MR) is 64.0 cm³/mol. The van der Waals surface area contributed by atoms with Crippen molar-refractivity contribution in [2.24, 2.45) is 0 Å². The Morgan fingerprint density at radius 2 is 2.00 bits per heavy atom. The summed E-state index contributed by atoms with van der Waals surface area (Å²) < 4.78 is 5.21. The lowest BCUT2D eigenvalue weighted by Gasteiger charge is -2.17. The molecular formula is C13H19NO2. The van der Waals surface area contributed by atoms with Gasteiger partial charge in [0.2, 0.25) is 5.91 Å². The normalized spacial score (nSPS) is 10.1. The lowest BCUT2D eigenvalue weighted by atomic mass is 10.2. The minimum atomic E-state index is 0.0253. The van der Waals surface area contributed by atoms with E-state index in [-0.39, 0.29) is 12.5 Å². The monoisotopic (exact) mass is 221 g/mol. The van der Waals surface area contributed by atoms with Crippen molar-refractivity contribution in [2.75, 3.05) is 20.3 Å². The first kappa shape index (κ1) is 12.7. The molecule has 3 heteroatoms. The van der Waals surface area contributed by atoms with Crippen LogP contribution in [0.15, 0.2) is 30.3 Å². The zero-order chi connectivity index (χ0) is 11.8. The van der Waals surface area contributed by atoms with E-state index in [9.17, 15) is 4.79 Å². The third kappa shape index (κ3) is 4.45. The van der Waals surface area contributed by atoms with Crippen LogP contribution in [0, 0.1) is 0 Å². The number of nitrogens with zero attached hydrogens (tertiary/aromatic N) is 1. The molecule has 1 aromatic carbocycles. The molecule has 0 bridgehead atoms. The second-order valence-electron chi connectivity index (χ2n) is 3.79. The largest absolute Gasteiger partial charge is 0.372 e. The molecule has 0 N–H and O–H groups in total.